The number of carbonyl (C=O) groups excluding carboxylic acids is 3. The zero-order valence-corrected chi connectivity index (χ0v) is 18.8. The topological polar surface area (TPSA) is 188 Å². The van der Waals surface area contributed by atoms with Gasteiger partial charge in [-0.3, -0.25) is 19.2 Å². The lowest BCUT2D eigenvalue weighted by molar-refractivity contribution is -0.143. The largest absolute Gasteiger partial charge is 0.481 e. The molecule has 0 saturated carbocycles. The van der Waals surface area contributed by atoms with E-state index in [9.17, 15) is 29.1 Å². The maximum Gasteiger partial charge on any atom is 0.326 e. The number of thioether (sulfide) groups is 2. The van der Waals surface area contributed by atoms with Crippen LogP contribution in [-0.4, -0.2) is 88.1 Å². The highest BCUT2D eigenvalue weighted by Crippen LogP contribution is 2.06. The van der Waals surface area contributed by atoms with Crippen LogP contribution in [0.2, 0.25) is 0 Å². The smallest absolute Gasteiger partial charge is 0.326 e. The molecule has 4 unspecified atom stereocenters. The van der Waals surface area contributed by atoms with E-state index < -0.39 is 60.2 Å². The Balaban J connectivity index is 5.34. The molecule has 0 saturated heterocycles. The first-order valence-electron chi connectivity index (χ1n) is 9.12. The van der Waals surface area contributed by atoms with Crippen LogP contribution in [0.25, 0.3) is 0 Å². The van der Waals surface area contributed by atoms with E-state index in [0.29, 0.717) is 11.5 Å². The van der Waals surface area contributed by atoms with Gasteiger partial charge in [-0.2, -0.15) is 23.5 Å². The van der Waals surface area contributed by atoms with E-state index >= 15 is 0 Å². The lowest BCUT2D eigenvalue weighted by atomic mass is 10.1. The third-order valence-corrected chi connectivity index (χ3v) is 5.18. The van der Waals surface area contributed by atoms with Gasteiger partial charge in [0.25, 0.3) is 0 Å². The number of hydrogen-bond donors (Lipinski definition) is 6. The monoisotopic (exact) mass is 466 g/mol. The van der Waals surface area contributed by atoms with Crippen LogP contribution in [0.4, 0.5) is 0 Å². The van der Waals surface area contributed by atoms with E-state index in [1.807, 2.05) is 0 Å². The number of hydrogen-bond acceptors (Lipinski definition) is 8. The molecule has 0 aromatic carbocycles. The summed E-state index contributed by atoms with van der Waals surface area (Å²) in [6.07, 6.45) is 3.30. The van der Waals surface area contributed by atoms with Gasteiger partial charge in [0.1, 0.15) is 18.1 Å². The predicted molar refractivity (Wildman–Crippen MR) is 115 cm³/mol. The van der Waals surface area contributed by atoms with Crippen molar-refractivity contribution in [3.63, 3.8) is 0 Å². The number of nitrogens with two attached hydrogens (primary N) is 1. The zero-order valence-electron chi connectivity index (χ0n) is 17.2. The summed E-state index contributed by atoms with van der Waals surface area (Å²) in [5.74, 6) is -3.81. The molecule has 13 heteroatoms. The van der Waals surface area contributed by atoms with E-state index in [2.05, 4.69) is 16.0 Å². The summed E-state index contributed by atoms with van der Waals surface area (Å²) < 4.78 is 0. The van der Waals surface area contributed by atoms with Crippen molar-refractivity contribution in [2.24, 2.45) is 5.73 Å². The van der Waals surface area contributed by atoms with Gasteiger partial charge in [0.2, 0.25) is 17.7 Å². The van der Waals surface area contributed by atoms with E-state index in [0.717, 1.165) is 0 Å². The molecule has 0 heterocycles. The highest BCUT2D eigenvalue weighted by Gasteiger charge is 2.30. The van der Waals surface area contributed by atoms with E-state index in [1.165, 1.54) is 30.4 Å². The maximum atomic E-state index is 12.6. The molecule has 11 nitrogen and oxygen atoms in total. The molecule has 0 aromatic rings. The number of nitrogens with one attached hydrogen (secondary N) is 3. The molecule has 0 spiro atoms. The van der Waals surface area contributed by atoms with Crippen molar-refractivity contribution >= 4 is 53.2 Å². The Hall–Kier alpha value is -1.99. The number of rotatable bonds is 15. The highest BCUT2D eigenvalue weighted by atomic mass is 32.2. The lowest BCUT2D eigenvalue weighted by Crippen LogP contribution is -2.57. The van der Waals surface area contributed by atoms with Crippen molar-refractivity contribution in [3.8, 4) is 0 Å². The Kier molecular flexibility index (Phi) is 13.9. The van der Waals surface area contributed by atoms with Gasteiger partial charge < -0.3 is 31.9 Å². The molecule has 0 bridgehead atoms. The fourth-order valence-corrected chi connectivity index (χ4v) is 3.17. The van der Waals surface area contributed by atoms with Gasteiger partial charge in [-0.05, 0) is 43.8 Å². The molecule has 7 N–H and O–H groups in total. The summed E-state index contributed by atoms with van der Waals surface area (Å²) in [6, 6.07) is -4.61. The second-order valence-corrected chi connectivity index (χ2v) is 8.44. The number of carbonyl (C=O) groups is 5. The molecular weight excluding hydrogens is 436 g/mol. The van der Waals surface area contributed by atoms with Gasteiger partial charge >= 0.3 is 11.9 Å². The first kappa shape index (κ1) is 28.0. The van der Waals surface area contributed by atoms with Crippen LogP contribution in [0, 0.1) is 0 Å². The molecule has 0 fully saturated rings. The van der Waals surface area contributed by atoms with Crippen LogP contribution in [0.5, 0.6) is 0 Å². The summed E-state index contributed by atoms with van der Waals surface area (Å²) in [5.41, 5.74) is 5.44. The molecule has 0 aliphatic heterocycles. The first-order valence-corrected chi connectivity index (χ1v) is 11.9. The summed E-state index contributed by atoms with van der Waals surface area (Å²) >= 11 is 2.85. The van der Waals surface area contributed by atoms with Gasteiger partial charge in [-0.25, -0.2) is 4.79 Å². The van der Waals surface area contributed by atoms with Crippen LogP contribution in [0.1, 0.15) is 26.2 Å². The summed E-state index contributed by atoms with van der Waals surface area (Å²) in [6.45, 7) is 1.38. The van der Waals surface area contributed by atoms with Crippen molar-refractivity contribution in [3.05, 3.63) is 0 Å². The summed E-state index contributed by atoms with van der Waals surface area (Å²) in [4.78, 5) is 59.4. The van der Waals surface area contributed by atoms with Crippen LogP contribution < -0.4 is 21.7 Å². The molecular formula is C17H30N4O7S2. The van der Waals surface area contributed by atoms with Crippen LogP contribution in [-0.2, 0) is 24.0 Å². The minimum Gasteiger partial charge on any atom is -0.481 e. The SMILES string of the molecule is CSCCC(NC(=O)C(CCSC)NC(=O)C(CC(=O)O)NC(=O)C(C)N)C(=O)O. The molecule has 4 atom stereocenters. The van der Waals surface area contributed by atoms with Crippen LogP contribution in [0.15, 0.2) is 0 Å². The van der Waals surface area contributed by atoms with Crippen molar-refractivity contribution in [1.82, 2.24) is 16.0 Å². The van der Waals surface area contributed by atoms with Crippen LogP contribution >= 0.6 is 23.5 Å². The molecule has 0 radical (unpaired) electrons. The Morgan fingerprint density at radius 2 is 1.23 bits per heavy atom. The second kappa shape index (κ2) is 14.9. The Bertz CT molecular complexity index is 619. The van der Waals surface area contributed by atoms with Crippen molar-refractivity contribution < 1.29 is 34.2 Å². The Morgan fingerprint density at radius 3 is 1.67 bits per heavy atom. The third kappa shape index (κ3) is 11.3. The predicted octanol–water partition coefficient (Wildman–Crippen LogP) is -1.15. The normalized spacial score (nSPS) is 14.7. The maximum absolute atomic E-state index is 12.6. The molecule has 0 rings (SSSR count). The first-order chi connectivity index (χ1) is 14.0. The zero-order chi connectivity index (χ0) is 23.3. The van der Waals surface area contributed by atoms with Crippen molar-refractivity contribution in [2.75, 3.05) is 24.0 Å². The minimum absolute atomic E-state index is 0.189. The Labute approximate surface area is 183 Å². The molecule has 30 heavy (non-hydrogen) atoms. The summed E-state index contributed by atoms with van der Waals surface area (Å²) in [5, 5.41) is 25.4. The summed E-state index contributed by atoms with van der Waals surface area (Å²) in [7, 11) is 0. The van der Waals surface area contributed by atoms with Crippen molar-refractivity contribution in [1.29, 1.82) is 0 Å². The van der Waals surface area contributed by atoms with Crippen LogP contribution in [0.3, 0.4) is 0 Å². The number of carboxylic acid groups (broad SMARTS) is 2. The van der Waals surface area contributed by atoms with Gasteiger partial charge in [-0.1, -0.05) is 0 Å². The fourth-order valence-electron chi connectivity index (χ4n) is 2.23. The number of aliphatic carboxylic acids is 2. The minimum atomic E-state index is -1.43. The molecule has 0 aromatic heterocycles. The molecule has 0 aliphatic carbocycles. The average molecular weight is 467 g/mol. The Morgan fingerprint density at radius 1 is 0.800 bits per heavy atom. The molecule has 3 amide bonds. The quantitative estimate of drug-likeness (QED) is 0.172. The average Bonchev–Trinajstić information content (AvgIpc) is 2.66. The molecule has 172 valence electrons. The van der Waals surface area contributed by atoms with Crippen molar-refractivity contribution in [2.45, 2.75) is 50.4 Å². The standard InChI is InChI=1S/C17H30N4O7S2/c1-9(18)14(24)21-12(8-13(22)23)16(26)19-10(4-6-29-2)15(25)20-11(17(27)28)5-7-30-3/h9-12H,4-8,18H2,1-3H3,(H,19,26)(H,20,25)(H,21,24)(H,22,23)(H,27,28). The molecule has 0 aliphatic rings. The van der Waals surface area contributed by atoms with E-state index in [-0.39, 0.29) is 12.8 Å². The van der Waals surface area contributed by atoms with E-state index in [1.54, 1.807) is 12.5 Å². The fraction of sp³-hybridized carbons (Fsp3) is 0.706. The van der Waals surface area contributed by atoms with Gasteiger partial charge in [0, 0.05) is 0 Å². The third-order valence-electron chi connectivity index (χ3n) is 3.89. The van der Waals surface area contributed by atoms with Gasteiger partial charge in [0.05, 0.1) is 12.5 Å². The number of amides is 3. The van der Waals surface area contributed by atoms with Gasteiger partial charge in [0.15, 0.2) is 0 Å². The van der Waals surface area contributed by atoms with Gasteiger partial charge in [-0.15, -0.1) is 0 Å². The lowest BCUT2D eigenvalue weighted by Gasteiger charge is -2.24. The van der Waals surface area contributed by atoms with E-state index in [4.69, 9.17) is 10.8 Å². The second-order valence-electron chi connectivity index (χ2n) is 6.47. The highest BCUT2D eigenvalue weighted by molar-refractivity contribution is 7.98. The number of carboxylic acids is 2.